The van der Waals surface area contributed by atoms with E-state index in [-0.39, 0.29) is 12.1 Å². The smallest absolute Gasteiger partial charge is 0.321 e. The van der Waals surface area contributed by atoms with Gasteiger partial charge in [-0.15, -0.1) is 0 Å². The van der Waals surface area contributed by atoms with Gasteiger partial charge in [0.2, 0.25) is 5.91 Å². The molecular weight excluding hydrogens is 396 g/mol. The summed E-state index contributed by atoms with van der Waals surface area (Å²) in [6.45, 7) is 7.24. The molecule has 0 bridgehead atoms. The van der Waals surface area contributed by atoms with E-state index in [0.717, 1.165) is 24.3 Å². The molecule has 0 spiro atoms. The van der Waals surface area contributed by atoms with Crippen LogP contribution in [0.5, 0.6) is 5.75 Å². The molecule has 31 heavy (non-hydrogen) atoms. The van der Waals surface area contributed by atoms with E-state index >= 15 is 0 Å². The number of carbonyl (C=O) groups excluding carboxylic acids is 2. The highest BCUT2D eigenvalue weighted by Crippen LogP contribution is 2.28. The Morgan fingerprint density at radius 3 is 2.58 bits per heavy atom. The van der Waals surface area contributed by atoms with Crippen LogP contribution in [0.2, 0.25) is 0 Å². The highest BCUT2D eigenvalue weighted by atomic mass is 16.5. The van der Waals surface area contributed by atoms with Crippen LogP contribution in [-0.4, -0.2) is 56.3 Å². The Bertz CT molecular complexity index is 926. The third-order valence-corrected chi connectivity index (χ3v) is 4.97. The number of nitrogens with zero attached hydrogens (tertiary/aromatic N) is 2. The first kappa shape index (κ1) is 22.4. The van der Waals surface area contributed by atoms with Crippen LogP contribution in [0.15, 0.2) is 42.5 Å². The highest BCUT2D eigenvalue weighted by Gasteiger charge is 2.18. The van der Waals surface area contributed by atoms with Crippen molar-refractivity contribution in [3.05, 3.63) is 53.6 Å². The molecular formula is C23H30N4O4. The molecule has 0 unspecified atom stereocenters. The SMILES string of the molecule is CC(C)Oc1cc(C(N)=O)ccc1NC(=O)N(C)Cc1ccccc1N1CCOCC1. The molecule has 1 aliphatic rings. The minimum Gasteiger partial charge on any atom is -0.489 e. The van der Waals surface area contributed by atoms with Crippen molar-refractivity contribution in [2.45, 2.75) is 26.5 Å². The zero-order valence-electron chi connectivity index (χ0n) is 18.3. The second kappa shape index (κ2) is 10.2. The number of para-hydroxylation sites is 1. The molecule has 1 heterocycles. The summed E-state index contributed by atoms with van der Waals surface area (Å²) in [5.74, 6) is -0.148. The molecule has 8 nitrogen and oxygen atoms in total. The van der Waals surface area contributed by atoms with Gasteiger partial charge < -0.3 is 30.3 Å². The zero-order valence-corrected chi connectivity index (χ0v) is 18.3. The van der Waals surface area contributed by atoms with Crippen molar-refractivity contribution in [2.24, 2.45) is 5.73 Å². The Hall–Kier alpha value is -3.26. The predicted octanol–water partition coefficient (Wildman–Crippen LogP) is 3.07. The van der Waals surface area contributed by atoms with Gasteiger partial charge in [-0.2, -0.15) is 0 Å². The van der Waals surface area contributed by atoms with Crippen LogP contribution in [0.1, 0.15) is 29.8 Å². The number of morpholine rings is 1. The van der Waals surface area contributed by atoms with Crippen LogP contribution in [0.4, 0.5) is 16.2 Å². The number of hydrogen-bond acceptors (Lipinski definition) is 5. The van der Waals surface area contributed by atoms with Gasteiger partial charge in [-0.1, -0.05) is 18.2 Å². The molecule has 0 radical (unpaired) electrons. The summed E-state index contributed by atoms with van der Waals surface area (Å²) in [6.07, 6.45) is -0.128. The Morgan fingerprint density at radius 2 is 1.90 bits per heavy atom. The maximum absolute atomic E-state index is 12.9. The molecule has 0 aliphatic carbocycles. The van der Waals surface area contributed by atoms with E-state index in [1.807, 2.05) is 32.0 Å². The van der Waals surface area contributed by atoms with Crippen LogP contribution < -0.4 is 20.7 Å². The maximum Gasteiger partial charge on any atom is 0.321 e. The first-order valence-corrected chi connectivity index (χ1v) is 10.4. The summed E-state index contributed by atoms with van der Waals surface area (Å²) in [6, 6.07) is 12.5. The number of carbonyl (C=O) groups is 2. The molecule has 3 rings (SSSR count). The molecule has 2 aromatic carbocycles. The van der Waals surface area contributed by atoms with E-state index in [1.165, 1.54) is 0 Å². The summed E-state index contributed by atoms with van der Waals surface area (Å²) in [7, 11) is 1.74. The normalized spacial score (nSPS) is 13.7. The standard InChI is InChI=1S/C23H30N4O4/c1-16(2)31-21-14-17(22(24)28)8-9-19(21)25-23(29)26(3)15-18-6-4-5-7-20(18)27-10-12-30-13-11-27/h4-9,14,16H,10-13,15H2,1-3H3,(H2,24,28)(H,25,29). The number of nitrogens with one attached hydrogen (secondary N) is 1. The minimum absolute atomic E-state index is 0.128. The van der Waals surface area contributed by atoms with E-state index in [9.17, 15) is 9.59 Å². The fourth-order valence-corrected chi connectivity index (χ4v) is 3.43. The largest absolute Gasteiger partial charge is 0.489 e. The second-order valence-corrected chi connectivity index (χ2v) is 7.76. The van der Waals surface area contributed by atoms with Crippen LogP contribution in [0.3, 0.4) is 0 Å². The lowest BCUT2D eigenvalue weighted by Gasteiger charge is -2.31. The van der Waals surface area contributed by atoms with Crippen molar-refractivity contribution in [2.75, 3.05) is 43.6 Å². The van der Waals surface area contributed by atoms with Gasteiger partial charge in [0.25, 0.3) is 0 Å². The van der Waals surface area contributed by atoms with Crippen LogP contribution in [-0.2, 0) is 11.3 Å². The van der Waals surface area contributed by atoms with Crippen molar-refractivity contribution >= 4 is 23.3 Å². The molecule has 3 amide bonds. The number of benzene rings is 2. The monoisotopic (exact) mass is 426 g/mol. The summed E-state index contributed by atoms with van der Waals surface area (Å²) in [5, 5.41) is 2.88. The number of hydrogen-bond donors (Lipinski definition) is 2. The number of urea groups is 1. The number of ether oxygens (including phenoxy) is 2. The van der Waals surface area contributed by atoms with E-state index in [0.29, 0.717) is 36.8 Å². The average Bonchev–Trinajstić information content (AvgIpc) is 2.75. The number of nitrogens with two attached hydrogens (primary N) is 1. The molecule has 166 valence electrons. The Labute approximate surface area is 182 Å². The number of amides is 3. The lowest BCUT2D eigenvalue weighted by Crippen LogP contribution is -2.37. The zero-order chi connectivity index (χ0) is 22.4. The Morgan fingerprint density at radius 1 is 1.19 bits per heavy atom. The lowest BCUT2D eigenvalue weighted by molar-refractivity contribution is 0.0999. The van der Waals surface area contributed by atoms with Gasteiger partial charge in [0.15, 0.2) is 0 Å². The maximum atomic E-state index is 12.9. The van der Waals surface area contributed by atoms with E-state index in [1.54, 1.807) is 30.1 Å². The van der Waals surface area contributed by atoms with Crippen molar-refractivity contribution in [3.63, 3.8) is 0 Å². The van der Waals surface area contributed by atoms with Crippen molar-refractivity contribution in [1.29, 1.82) is 0 Å². The highest BCUT2D eigenvalue weighted by molar-refractivity contribution is 5.96. The van der Waals surface area contributed by atoms with Gasteiger partial charge in [-0.3, -0.25) is 4.79 Å². The quantitative estimate of drug-likeness (QED) is 0.709. The number of primary amides is 1. The second-order valence-electron chi connectivity index (χ2n) is 7.76. The summed E-state index contributed by atoms with van der Waals surface area (Å²) in [4.78, 5) is 28.3. The molecule has 1 aliphatic heterocycles. The van der Waals surface area contributed by atoms with E-state index in [2.05, 4.69) is 16.3 Å². The average molecular weight is 427 g/mol. The van der Waals surface area contributed by atoms with Gasteiger partial charge in [0, 0.05) is 37.9 Å². The molecule has 1 saturated heterocycles. The van der Waals surface area contributed by atoms with Crippen molar-refractivity contribution in [3.8, 4) is 5.75 Å². The molecule has 3 N–H and O–H groups in total. The molecule has 0 atom stereocenters. The number of anilines is 2. The van der Waals surface area contributed by atoms with Crippen LogP contribution in [0.25, 0.3) is 0 Å². The molecule has 1 fully saturated rings. The minimum atomic E-state index is -0.552. The van der Waals surface area contributed by atoms with E-state index in [4.69, 9.17) is 15.2 Å². The third kappa shape index (κ3) is 5.88. The van der Waals surface area contributed by atoms with E-state index < -0.39 is 5.91 Å². The lowest BCUT2D eigenvalue weighted by atomic mass is 10.1. The molecule has 0 aromatic heterocycles. The Kier molecular flexibility index (Phi) is 7.36. The van der Waals surface area contributed by atoms with Gasteiger partial charge in [-0.25, -0.2) is 4.79 Å². The molecule has 2 aromatic rings. The first-order valence-electron chi connectivity index (χ1n) is 10.4. The van der Waals surface area contributed by atoms with Gasteiger partial charge in [-0.05, 0) is 43.7 Å². The number of rotatable bonds is 7. The van der Waals surface area contributed by atoms with Crippen molar-refractivity contribution in [1.82, 2.24) is 4.90 Å². The molecule has 8 heteroatoms. The predicted molar refractivity (Wildman–Crippen MR) is 121 cm³/mol. The van der Waals surface area contributed by atoms with Gasteiger partial charge in [0.1, 0.15) is 5.75 Å². The summed E-state index contributed by atoms with van der Waals surface area (Å²) >= 11 is 0. The Balaban J connectivity index is 1.74. The van der Waals surface area contributed by atoms with Gasteiger partial charge in [0.05, 0.1) is 25.0 Å². The topological polar surface area (TPSA) is 97.1 Å². The fraction of sp³-hybridized carbons (Fsp3) is 0.391. The van der Waals surface area contributed by atoms with Crippen LogP contribution in [0, 0.1) is 0 Å². The first-order chi connectivity index (χ1) is 14.8. The molecule has 0 saturated carbocycles. The van der Waals surface area contributed by atoms with Crippen molar-refractivity contribution < 1.29 is 19.1 Å². The van der Waals surface area contributed by atoms with Gasteiger partial charge >= 0.3 is 6.03 Å². The summed E-state index contributed by atoms with van der Waals surface area (Å²) < 4.78 is 11.2. The van der Waals surface area contributed by atoms with Crippen LogP contribution >= 0.6 is 0 Å². The summed E-state index contributed by atoms with van der Waals surface area (Å²) in [5.41, 5.74) is 8.35. The third-order valence-electron chi connectivity index (χ3n) is 4.97. The fourth-order valence-electron chi connectivity index (χ4n) is 3.43.